The van der Waals surface area contributed by atoms with E-state index in [1.54, 1.807) is 44.2 Å². The van der Waals surface area contributed by atoms with Crippen molar-refractivity contribution in [3.05, 3.63) is 93.6 Å². The van der Waals surface area contributed by atoms with Crippen LogP contribution < -0.4 is 5.32 Å². The number of esters is 2. The molecule has 0 fully saturated rings. The van der Waals surface area contributed by atoms with Gasteiger partial charge in [0.2, 0.25) is 0 Å². The van der Waals surface area contributed by atoms with Gasteiger partial charge >= 0.3 is 11.9 Å². The number of carbonyl (C=O) groups is 4. The zero-order valence-corrected chi connectivity index (χ0v) is 19.4. The highest BCUT2D eigenvalue weighted by Crippen LogP contribution is 2.40. The summed E-state index contributed by atoms with van der Waals surface area (Å²) in [5, 5.41) is 2.97. The third-order valence-electron chi connectivity index (χ3n) is 6.03. The van der Waals surface area contributed by atoms with Gasteiger partial charge in [0, 0.05) is 17.0 Å². The number of dihydropyridines is 1. The van der Waals surface area contributed by atoms with Crippen LogP contribution in [0.3, 0.4) is 0 Å². The van der Waals surface area contributed by atoms with Gasteiger partial charge in [-0.05, 0) is 32.0 Å². The molecule has 180 valence electrons. The van der Waals surface area contributed by atoms with E-state index in [9.17, 15) is 23.6 Å². The van der Waals surface area contributed by atoms with Gasteiger partial charge < -0.3 is 14.8 Å². The maximum absolute atomic E-state index is 14.8. The topological polar surface area (TPSA) is 102 Å². The quantitative estimate of drug-likeness (QED) is 0.503. The van der Waals surface area contributed by atoms with Crippen molar-refractivity contribution in [3.8, 4) is 0 Å². The minimum Gasteiger partial charge on any atom is -0.466 e. The van der Waals surface area contributed by atoms with E-state index in [1.807, 2.05) is 0 Å². The Kier molecular flexibility index (Phi) is 6.50. The SMILES string of the molecule is COC(=O)C1=C(C)NC(C)=C(C(=O)OCCN2C(=O)c3ccccc3C2=O)C1c1ccccc1F. The second kappa shape index (κ2) is 9.54. The highest BCUT2D eigenvalue weighted by atomic mass is 19.1. The summed E-state index contributed by atoms with van der Waals surface area (Å²) in [6.45, 7) is 2.82. The van der Waals surface area contributed by atoms with Gasteiger partial charge in [-0.25, -0.2) is 14.0 Å². The fourth-order valence-corrected chi connectivity index (χ4v) is 4.41. The highest BCUT2D eigenvalue weighted by Gasteiger charge is 2.39. The maximum atomic E-state index is 14.8. The molecule has 0 saturated heterocycles. The van der Waals surface area contributed by atoms with Crippen LogP contribution in [-0.4, -0.2) is 48.9 Å². The first-order chi connectivity index (χ1) is 16.8. The number of methoxy groups -OCH3 is 1. The van der Waals surface area contributed by atoms with Crippen LogP contribution in [0.4, 0.5) is 4.39 Å². The molecule has 35 heavy (non-hydrogen) atoms. The molecule has 1 unspecified atom stereocenters. The van der Waals surface area contributed by atoms with Crippen molar-refractivity contribution in [1.82, 2.24) is 10.2 Å². The zero-order chi connectivity index (χ0) is 25.3. The molecule has 0 spiro atoms. The number of hydrogen-bond donors (Lipinski definition) is 1. The lowest BCUT2D eigenvalue weighted by Gasteiger charge is -2.30. The van der Waals surface area contributed by atoms with E-state index in [1.165, 1.54) is 25.3 Å². The maximum Gasteiger partial charge on any atom is 0.336 e. The average Bonchev–Trinajstić information content (AvgIpc) is 3.08. The van der Waals surface area contributed by atoms with Crippen LogP contribution in [0.25, 0.3) is 0 Å². The van der Waals surface area contributed by atoms with E-state index in [-0.39, 0.29) is 29.9 Å². The minimum absolute atomic E-state index is 0.0310. The molecule has 2 aliphatic rings. The summed E-state index contributed by atoms with van der Waals surface area (Å²) in [4.78, 5) is 51.9. The van der Waals surface area contributed by atoms with Crippen molar-refractivity contribution < 1.29 is 33.0 Å². The van der Waals surface area contributed by atoms with Crippen molar-refractivity contribution in [2.75, 3.05) is 20.3 Å². The number of amides is 2. The molecular formula is C26H23FN2O6. The van der Waals surface area contributed by atoms with E-state index in [0.29, 0.717) is 22.5 Å². The smallest absolute Gasteiger partial charge is 0.336 e. The number of nitrogens with one attached hydrogen (secondary N) is 1. The molecule has 4 rings (SSSR count). The molecule has 0 radical (unpaired) electrons. The first kappa shape index (κ1) is 23.9. The Morgan fingerprint density at radius 3 is 2.03 bits per heavy atom. The fraction of sp³-hybridized carbons (Fsp3) is 0.231. The summed E-state index contributed by atoms with van der Waals surface area (Å²) < 4.78 is 25.1. The van der Waals surface area contributed by atoms with Gasteiger partial charge in [-0.2, -0.15) is 0 Å². The number of fused-ring (bicyclic) bond motifs is 1. The molecule has 2 aromatic rings. The third-order valence-corrected chi connectivity index (χ3v) is 6.03. The lowest BCUT2D eigenvalue weighted by molar-refractivity contribution is -0.139. The minimum atomic E-state index is -1.07. The molecule has 2 aromatic carbocycles. The molecule has 1 atom stereocenters. The number of imide groups is 1. The Hall–Kier alpha value is -4.27. The first-order valence-electron chi connectivity index (χ1n) is 10.9. The standard InChI is InChI=1S/C26H23FN2O6/c1-14-20(25(32)34-3)22(18-10-6-7-11-19(18)27)21(15(2)28-14)26(33)35-13-12-29-23(30)16-8-4-5-9-17(16)24(29)31/h4-11,22,28H,12-13H2,1-3H3. The predicted octanol–water partition coefficient (Wildman–Crippen LogP) is 3.07. The van der Waals surface area contributed by atoms with Gasteiger partial charge in [0.1, 0.15) is 12.4 Å². The van der Waals surface area contributed by atoms with Crippen LogP contribution in [0.1, 0.15) is 46.0 Å². The summed E-state index contributed by atoms with van der Waals surface area (Å²) in [5.41, 5.74) is 1.61. The third kappa shape index (κ3) is 4.21. The Labute approximate surface area is 201 Å². The average molecular weight is 478 g/mol. The lowest BCUT2D eigenvalue weighted by Crippen LogP contribution is -2.35. The molecule has 0 bridgehead atoms. The summed E-state index contributed by atoms with van der Waals surface area (Å²) >= 11 is 0. The Morgan fingerprint density at radius 2 is 1.46 bits per heavy atom. The number of rotatable bonds is 6. The summed E-state index contributed by atoms with van der Waals surface area (Å²) in [7, 11) is 1.20. The van der Waals surface area contributed by atoms with E-state index in [2.05, 4.69) is 5.32 Å². The van der Waals surface area contributed by atoms with Gasteiger partial charge in [0.05, 0.1) is 41.8 Å². The summed E-state index contributed by atoms with van der Waals surface area (Å²) in [6, 6.07) is 12.3. The molecule has 0 aliphatic carbocycles. The number of halogens is 1. The molecule has 8 nitrogen and oxygen atoms in total. The van der Waals surface area contributed by atoms with Gasteiger partial charge in [-0.15, -0.1) is 0 Å². The Balaban J connectivity index is 1.58. The molecule has 1 N–H and O–H groups in total. The summed E-state index contributed by atoms with van der Waals surface area (Å²) in [6.07, 6.45) is 0. The van der Waals surface area contributed by atoms with Gasteiger partial charge in [-0.1, -0.05) is 30.3 Å². The molecule has 2 aliphatic heterocycles. The highest BCUT2D eigenvalue weighted by molar-refractivity contribution is 6.21. The second-order valence-corrected chi connectivity index (χ2v) is 8.09. The second-order valence-electron chi connectivity index (χ2n) is 8.09. The van der Waals surface area contributed by atoms with E-state index in [0.717, 1.165) is 4.90 Å². The van der Waals surface area contributed by atoms with Crippen LogP contribution in [0.2, 0.25) is 0 Å². The number of nitrogens with zero attached hydrogens (tertiary/aromatic N) is 1. The molecule has 0 aromatic heterocycles. The number of ether oxygens (including phenoxy) is 2. The number of allylic oxidation sites excluding steroid dienone is 2. The van der Waals surface area contributed by atoms with Gasteiger partial charge in [0.15, 0.2) is 0 Å². The lowest BCUT2D eigenvalue weighted by atomic mass is 9.80. The van der Waals surface area contributed by atoms with E-state index in [4.69, 9.17) is 9.47 Å². The Bertz CT molecular complexity index is 1280. The van der Waals surface area contributed by atoms with Gasteiger partial charge in [0.25, 0.3) is 11.8 Å². The normalized spacial score (nSPS) is 17.4. The Morgan fingerprint density at radius 1 is 0.914 bits per heavy atom. The molecule has 2 amide bonds. The summed E-state index contributed by atoms with van der Waals surface area (Å²) in [5.74, 6) is -4.13. The fourth-order valence-electron chi connectivity index (χ4n) is 4.41. The van der Waals surface area contributed by atoms with Crippen molar-refractivity contribution in [1.29, 1.82) is 0 Å². The largest absolute Gasteiger partial charge is 0.466 e. The van der Waals surface area contributed by atoms with Crippen molar-refractivity contribution in [2.45, 2.75) is 19.8 Å². The van der Waals surface area contributed by atoms with E-state index < -0.39 is 35.5 Å². The van der Waals surface area contributed by atoms with Crippen LogP contribution in [0.5, 0.6) is 0 Å². The van der Waals surface area contributed by atoms with Crippen LogP contribution in [0, 0.1) is 5.82 Å². The number of benzene rings is 2. The zero-order valence-electron chi connectivity index (χ0n) is 19.4. The van der Waals surface area contributed by atoms with Crippen molar-refractivity contribution in [3.63, 3.8) is 0 Å². The molecule has 0 saturated carbocycles. The van der Waals surface area contributed by atoms with Crippen LogP contribution in [-0.2, 0) is 19.1 Å². The number of hydrogen-bond acceptors (Lipinski definition) is 7. The molecule has 2 heterocycles. The van der Waals surface area contributed by atoms with Crippen molar-refractivity contribution >= 4 is 23.8 Å². The van der Waals surface area contributed by atoms with E-state index >= 15 is 0 Å². The monoisotopic (exact) mass is 478 g/mol. The molecular weight excluding hydrogens is 455 g/mol. The van der Waals surface area contributed by atoms with Crippen LogP contribution in [0.15, 0.2) is 71.1 Å². The first-order valence-corrected chi connectivity index (χ1v) is 10.9. The molecule has 9 heteroatoms. The van der Waals surface area contributed by atoms with Crippen LogP contribution >= 0.6 is 0 Å². The van der Waals surface area contributed by atoms with Gasteiger partial charge in [-0.3, -0.25) is 14.5 Å². The predicted molar refractivity (Wildman–Crippen MR) is 122 cm³/mol. The number of carbonyl (C=O) groups excluding carboxylic acids is 4. The van der Waals surface area contributed by atoms with Crippen molar-refractivity contribution in [2.24, 2.45) is 0 Å².